The molecule has 8 fully saturated rings. The normalized spacial score (nSPS) is 51.9. The van der Waals surface area contributed by atoms with Gasteiger partial charge in [0.25, 0.3) is 0 Å². The molecule has 0 radical (unpaired) electrons. The summed E-state index contributed by atoms with van der Waals surface area (Å²) in [7, 11) is 0. The van der Waals surface area contributed by atoms with Crippen molar-refractivity contribution in [2.45, 2.75) is 76.0 Å². The fourth-order valence-electron chi connectivity index (χ4n) is 9.95. The van der Waals surface area contributed by atoms with Crippen molar-refractivity contribution in [3.05, 3.63) is 29.3 Å². The first-order chi connectivity index (χ1) is 13.2. The predicted molar refractivity (Wildman–Crippen MR) is 108 cm³/mol. The van der Waals surface area contributed by atoms with Gasteiger partial charge in [0.05, 0.1) is 0 Å². The van der Waals surface area contributed by atoms with E-state index in [0.29, 0.717) is 11.7 Å². The smallest absolute Gasteiger partial charge is 0.119 e. The third kappa shape index (κ3) is 2.29. The maximum absolute atomic E-state index is 10.9. The highest BCUT2D eigenvalue weighted by molar-refractivity contribution is 5.42. The molecule has 27 heavy (non-hydrogen) atoms. The minimum Gasteiger partial charge on any atom is -0.508 e. The first-order valence-electron chi connectivity index (χ1n) is 12.0. The summed E-state index contributed by atoms with van der Waals surface area (Å²) in [5.41, 5.74) is 2.96. The van der Waals surface area contributed by atoms with Crippen molar-refractivity contribution in [1.82, 2.24) is 0 Å². The summed E-state index contributed by atoms with van der Waals surface area (Å²) in [6.45, 7) is 0. The summed E-state index contributed by atoms with van der Waals surface area (Å²) in [4.78, 5) is 0. The fourth-order valence-corrected chi connectivity index (χ4v) is 9.95. The van der Waals surface area contributed by atoms with Crippen LogP contribution in [0.15, 0.2) is 18.2 Å². The van der Waals surface area contributed by atoms with E-state index in [-0.39, 0.29) is 0 Å². The van der Waals surface area contributed by atoms with Crippen LogP contribution in [-0.2, 0) is 0 Å². The predicted octanol–water partition coefficient (Wildman–Crippen LogP) is 6.47. The summed E-state index contributed by atoms with van der Waals surface area (Å²) >= 11 is 0. The minimum absolute atomic E-state index is 0.611. The highest BCUT2D eigenvalue weighted by Crippen LogP contribution is 2.62. The summed E-state index contributed by atoms with van der Waals surface area (Å²) in [5.74, 6) is 9.80. The van der Waals surface area contributed by atoms with Crippen LogP contribution < -0.4 is 0 Å². The SMILES string of the molecule is Oc1ccc(C2C3CC4CC(C3)CC2C4)cc1C1C2CC3CC(C2)CC1C3. The number of phenolic OH excluding ortho intramolecular Hbond substituents is 1. The largest absolute Gasteiger partial charge is 0.508 e. The Balaban J connectivity index is 1.25. The maximum atomic E-state index is 10.9. The minimum atomic E-state index is 0.611. The van der Waals surface area contributed by atoms with Gasteiger partial charge in [-0.15, -0.1) is 0 Å². The van der Waals surface area contributed by atoms with Gasteiger partial charge in [-0.05, 0) is 141 Å². The zero-order valence-corrected chi connectivity index (χ0v) is 16.5. The van der Waals surface area contributed by atoms with E-state index >= 15 is 0 Å². The van der Waals surface area contributed by atoms with Crippen molar-refractivity contribution in [2.75, 3.05) is 0 Å². The molecule has 0 spiro atoms. The molecule has 8 saturated carbocycles. The van der Waals surface area contributed by atoms with Crippen molar-refractivity contribution in [3.63, 3.8) is 0 Å². The molecule has 0 aliphatic heterocycles. The van der Waals surface area contributed by atoms with Crippen LogP contribution >= 0.6 is 0 Å². The highest BCUT2D eigenvalue weighted by Gasteiger charge is 2.51. The Morgan fingerprint density at radius 1 is 0.556 bits per heavy atom. The molecule has 0 heterocycles. The van der Waals surface area contributed by atoms with Crippen molar-refractivity contribution in [3.8, 4) is 5.75 Å². The van der Waals surface area contributed by atoms with Crippen LogP contribution in [0.5, 0.6) is 5.75 Å². The maximum Gasteiger partial charge on any atom is 0.119 e. The first kappa shape index (κ1) is 15.9. The second-order valence-electron chi connectivity index (χ2n) is 11.7. The average molecular weight is 363 g/mol. The molecule has 1 N–H and O–H groups in total. The van der Waals surface area contributed by atoms with Crippen LogP contribution in [0.2, 0.25) is 0 Å². The Morgan fingerprint density at radius 2 is 1.00 bits per heavy atom. The second-order valence-corrected chi connectivity index (χ2v) is 11.7. The topological polar surface area (TPSA) is 20.2 Å². The second kappa shape index (κ2) is 5.55. The van der Waals surface area contributed by atoms with Crippen LogP contribution in [-0.4, -0.2) is 5.11 Å². The Kier molecular flexibility index (Phi) is 3.26. The molecule has 1 nitrogen and oxygen atoms in total. The van der Waals surface area contributed by atoms with Crippen LogP contribution in [0.1, 0.15) is 87.2 Å². The van der Waals surface area contributed by atoms with Gasteiger partial charge in [0.2, 0.25) is 0 Å². The molecule has 1 aromatic rings. The van der Waals surface area contributed by atoms with Gasteiger partial charge in [-0.3, -0.25) is 0 Å². The Morgan fingerprint density at radius 3 is 1.48 bits per heavy atom. The number of hydrogen-bond donors (Lipinski definition) is 1. The van der Waals surface area contributed by atoms with E-state index in [9.17, 15) is 5.11 Å². The molecule has 1 aromatic carbocycles. The monoisotopic (exact) mass is 362 g/mol. The molecule has 0 saturated heterocycles. The van der Waals surface area contributed by atoms with Crippen molar-refractivity contribution in [1.29, 1.82) is 0 Å². The molecule has 0 aromatic heterocycles. The van der Waals surface area contributed by atoms with Crippen molar-refractivity contribution < 1.29 is 5.11 Å². The highest BCUT2D eigenvalue weighted by atomic mass is 16.3. The van der Waals surface area contributed by atoms with Gasteiger partial charge in [-0.25, -0.2) is 0 Å². The molecule has 0 atom stereocenters. The summed E-state index contributed by atoms with van der Waals surface area (Å²) in [6.07, 6.45) is 14.8. The number of phenols is 1. The molecule has 8 bridgehead atoms. The quantitative estimate of drug-likeness (QED) is 0.639. The van der Waals surface area contributed by atoms with E-state index in [0.717, 1.165) is 53.3 Å². The van der Waals surface area contributed by atoms with Gasteiger partial charge in [-0.2, -0.15) is 0 Å². The van der Waals surface area contributed by atoms with E-state index in [1.165, 1.54) is 69.8 Å². The van der Waals surface area contributed by atoms with E-state index < -0.39 is 0 Å². The first-order valence-corrected chi connectivity index (χ1v) is 12.0. The van der Waals surface area contributed by atoms with Crippen LogP contribution in [0, 0.1) is 47.3 Å². The summed E-state index contributed by atoms with van der Waals surface area (Å²) in [6, 6.07) is 6.91. The molecule has 0 amide bonds. The van der Waals surface area contributed by atoms with E-state index in [4.69, 9.17) is 0 Å². The van der Waals surface area contributed by atoms with Crippen molar-refractivity contribution >= 4 is 0 Å². The molecule has 1 heteroatoms. The van der Waals surface area contributed by atoms with Gasteiger partial charge in [0.1, 0.15) is 5.75 Å². The molecule has 8 aliphatic rings. The molecule has 8 aliphatic carbocycles. The zero-order valence-electron chi connectivity index (χ0n) is 16.5. The van der Waals surface area contributed by atoms with Gasteiger partial charge in [-0.1, -0.05) is 12.1 Å². The molecule has 144 valence electrons. The standard InChI is InChI=1S/C26H34O/c27-24-2-1-18(25-19-5-14-3-15(7-19)8-20(25)6-14)13-23(24)26-21-9-16-4-17(11-21)12-22(26)10-16/h1-2,13-17,19-22,25-27H,3-12H2. The van der Waals surface area contributed by atoms with E-state index in [1.54, 1.807) is 5.56 Å². The Bertz CT molecular complexity index is 707. The lowest BCUT2D eigenvalue weighted by Crippen LogP contribution is -2.44. The Hall–Kier alpha value is -0.980. The average Bonchev–Trinajstić information content (AvgIpc) is 2.62. The summed E-state index contributed by atoms with van der Waals surface area (Å²) < 4.78 is 0. The van der Waals surface area contributed by atoms with Crippen LogP contribution in [0.4, 0.5) is 0 Å². The van der Waals surface area contributed by atoms with Crippen LogP contribution in [0.25, 0.3) is 0 Å². The van der Waals surface area contributed by atoms with E-state index in [2.05, 4.69) is 18.2 Å². The lowest BCUT2D eigenvalue weighted by molar-refractivity contribution is -0.00546. The summed E-state index contributed by atoms with van der Waals surface area (Å²) in [5, 5.41) is 10.9. The molecule has 0 unspecified atom stereocenters. The fraction of sp³-hybridized carbons (Fsp3) is 0.769. The number of rotatable bonds is 2. The number of hydrogen-bond acceptors (Lipinski definition) is 1. The van der Waals surface area contributed by atoms with Gasteiger partial charge in [0, 0.05) is 0 Å². The number of aromatic hydroxyl groups is 1. The lowest BCUT2D eigenvalue weighted by atomic mass is 9.49. The van der Waals surface area contributed by atoms with Gasteiger partial charge in [0.15, 0.2) is 0 Å². The van der Waals surface area contributed by atoms with Gasteiger partial charge >= 0.3 is 0 Å². The van der Waals surface area contributed by atoms with Gasteiger partial charge < -0.3 is 5.11 Å². The van der Waals surface area contributed by atoms with E-state index in [1.807, 2.05) is 0 Å². The molecular formula is C26H34O. The third-order valence-electron chi connectivity index (χ3n) is 10.2. The van der Waals surface area contributed by atoms with Crippen LogP contribution in [0.3, 0.4) is 0 Å². The third-order valence-corrected chi connectivity index (χ3v) is 10.2. The van der Waals surface area contributed by atoms with Crippen molar-refractivity contribution in [2.24, 2.45) is 47.3 Å². The zero-order chi connectivity index (χ0) is 17.7. The Labute approximate surface area is 163 Å². The lowest BCUT2D eigenvalue weighted by Gasteiger charge is -2.55. The molecule has 9 rings (SSSR count). The molecular weight excluding hydrogens is 328 g/mol. The number of benzene rings is 1.